The minimum absolute atomic E-state index is 0.0743. The predicted molar refractivity (Wildman–Crippen MR) is 189 cm³/mol. The average molecular weight is 805 g/mol. The molecular formula is C31H22Cl4N2O9S3. The van der Waals surface area contributed by atoms with Crippen LogP contribution in [0.2, 0.25) is 20.1 Å². The van der Waals surface area contributed by atoms with Gasteiger partial charge in [-0.05, 0) is 71.3 Å². The van der Waals surface area contributed by atoms with E-state index in [-0.39, 0.29) is 41.9 Å². The van der Waals surface area contributed by atoms with Crippen molar-refractivity contribution in [3.8, 4) is 0 Å². The second-order valence-electron chi connectivity index (χ2n) is 10.4. The number of hydrogen-bond acceptors (Lipinski definition) is 8. The summed E-state index contributed by atoms with van der Waals surface area (Å²) in [5.41, 5.74) is 2.77. The zero-order valence-corrected chi connectivity index (χ0v) is 29.8. The molecule has 0 heterocycles. The summed E-state index contributed by atoms with van der Waals surface area (Å²) in [7, 11) is -13.7. The third-order valence-electron chi connectivity index (χ3n) is 7.16. The van der Waals surface area contributed by atoms with E-state index in [0.29, 0.717) is 22.5 Å². The number of anilines is 4. The van der Waals surface area contributed by atoms with E-state index >= 15 is 0 Å². The number of benzene rings is 5. The molecule has 11 nitrogen and oxygen atoms in total. The summed E-state index contributed by atoms with van der Waals surface area (Å²) in [6.45, 7) is 0. The second-order valence-corrected chi connectivity index (χ2v) is 16.3. The fourth-order valence-electron chi connectivity index (χ4n) is 4.95. The van der Waals surface area contributed by atoms with Gasteiger partial charge in [0.15, 0.2) is 0 Å². The van der Waals surface area contributed by atoms with Crippen molar-refractivity contribution in [1.29, 1.82) is 0 Å². The van der Waals surface area contributed by atoms with Crippen molar-refractivity contribution in [1.82, 2.24) is 0 Å². The molecule has 5 aromatic rings. The van der Waals surface area contributed by atoms with Crippen molar-refractivity contribution < 1.29 is 38.9 Å². The van der Waals surface area contributed by atoms with E-state index in [4.69, 9.17) is 46.4 Å². The maximum Gasteiger partial charge on any atom is 0.294 e. The average Bonchev–Trinajstić information content (AvgIpc) is 3.01. The molecule has 18 heteroatoms. The van der Waals surface area contributed by atoms with Crippen LogP contribution in [0.1, 0.15) is 22.6 Å². The van der Waals surface area contributed by atoms with Crippen molar-refractivity contribution in [2.75, 3.05) is 10.6 Å². The Morgan fingerprint density at radius 2 is 0.837 bits per heavy atom. The molecule has 0 saturated carbocycles. The van der Waals surface area contributed by atoms with Gasteiger partial charge in [-0.15, -0.1) is 0 Å². The molecule has 256 valence electrons. The first-order valence-corrected chi connectivity index (χ1v) is 19.4. The minimum atomic E-state index is -4.64. The fourth-order valence-corrected chi connectivity index (χ4v) is 8.17. The molecule has 0 radical (unpaired) electrons. The molecule has 0 aromatic heterocycles. The molecule has 0 aliphatic heterocycles. The third kappa shape index (κ3) is 8.49. The van der Waals surface area contributed by atoms with Crippen molar-refractivity contribution in [2.24, 2.45) is 0 Å². The van der Waals surface area contributed by atoms with Gasteiger partial charge in [-0.25, -0.2) is 0 Å². The van der Waals surface area contributed by atoms with E-state index in [1.54, 1.807) is 60.7 Å². The maximum atomic E-state index is 12.4. The van der Waals surface area contributed by atoms with Crippen LogP contribution in [0.4, 0.5) is 22.7 Å². The first kappa shape index (κ1) is 36.9. The van der Waals surface area contributed by atoms with E-state index < -0.39 is 46.1 Å². The smallest absolute Gasteiger partial charge is 0.294 e. The summed E-state index contributed by atoms with van der Waals surface area (Å²) in [5, 5.41) is 5.70. The summed E-state index contributed by atoms with van der Waals surface area (Å²) >= 11 is 25.0. The van der Waals surface area contributed by atoms with Gasteiger partial charge in [0.1, 0.15) is 0 Å². The number of nitrogens with one attached hydrogen (secondary N) is 2. The van der Waals surface area contributed by atoms with Crippen molar-refractivity contribution in [3.05, 3.63) is 134 Å². The van der Waals surface area contributed by atoms with E-state index in [9.17, 15) is 38.9 Å². The Hall–Kier alpha value is -3.41. The molecule has 5 aromatic carbocycles. The van der Waals surface area contributed by atoms with Gasteiger partial charge in [0, 0.05) is 17.3 Å². The molecule has 0 amide bonds. The molecule has 0 atom stereocenters. The van der Waals surface area contributed by atoms with Crippen LogP contribution in [0.15, 0.2) is 112 Å². The van der Waals surface area contributed by atoms with E-state index in [1.165, 1.54) is 12.1 Å². The molecule has 0 bridgehead atoms. The Morgan fingerprint density at radius 3 is 1.16 bits per heavy atom. The van der Waals surface area contributed by atoms with Gasteiger partial charge >= 0.3 is 0 Å². The monoisotopic (exact) mass is 802 g/mol. The van der Waals surface area contributed by atoms with Gasteiger partial charge in [-0.1, -0.05) is 88.9 Å². The van der Waals surface area contributed by atoms with E-state index in [2.05, 4.69) is 10.6 Å². The minimum Gasteiger partial charge on any atom is -0.353 e. The Morgan fingerprint density at radius 1 is 0.490 bits per heavy atom. The van der Waals surface area contributed by atoms with Crippen LogP contribution in [-0.2, 0) is 30.4 Å². The highest BCUT2D eigenvalue weighted by Gasteiger charge is 2.25. The van der Waals surface area contributed by atoms with Gasteiger partial charge in [-0.3, -0.25) is 13.7 Å². The van der Waals surface area contributed by atoms with Crippen LogP contribution < -0.4 is 10.6 Å². The van der Waals surface area contributed by atoms with Crippen LogP contribution in [-0.4, -0.2) is 38.9 Å². The molecule has 0 unspecified atom stereocenters. The summed E-state index contributed by atoms with van der Waals surface area (Å²) < 4.78 is 99.7. The Kier molecular flexibility index (Phi) is 10.6. The molecule has 5 N–H and O–H groups in total. The molecule has 0 saturated heterocycles. The quantitative estimate of drug-likeness (QED) is 0.0671. The van der Waals surface area contributed by atoms with E-state index in [1.807, 2.05) is 0 Å². The number of rotatable bonds is 10. The van der Waals surface area contributed by atoms with Crippen LogP contribution >= 0.6 is 46.4 Å². The number of hydrogen-bond donors (Lipinski definition) is 5. The lowest BCUT2D eigenvalue weighted by Crippen LogP contribution is -2.10. The lowest BCUT2D eigenvalue weighted by Gasteiger charge is -2.22. The molecule has 0 fully saturated rings. The largest absolute Gasteiger partial charge is 0.353 e. The summed E-state index contributed by atoms with van der Waals surface area (Å²) in [6, 6.07) is 23.5. The van der Waals surface area contributed by atoms with Crippen molar-refractivity contribution in [2.45, 2.75) is 20.6 Å². The second kappa shape index (κ2) is 14.1. The van der Waals surface area contributed by atoms with Crippen LogP contribution in [0.5, 0.6) is 0 Å². The zero-order valence-electron chi connectivity index (χ0n) is 24.3. The van der Waals surface area contributed by atoms with Crippen LogP contribution in [0.3, 0.4) is 0 Å². The molecule has 5 rings (SSSR count). The third-order valence-corrected chi connectivity index (χ3v) is 10.9. The molecular weight excluding hydrogens is 782 g/mol. The van der Waals surface area contributed by atoms with E-state index in [0.717, 1.165) is 24.3 Å². The first-order chi connectivity index (χ1) is 22.8. The Bertz CT molecular complexity index is 2230. The summed E-state index contributed by atoms with van der Waals surface area (Å²) in [4.78, 5) is -1.27. The van der Waals surface area contributed by atoms with Crippen molar-refractivity contribution >= 4 is 99.5 Å². The lowest BCUT2D eigenvalue weighted by atomic mass is 9.85. The van der Waals surface area contributed by atoms with Gasteiger partial charge in [-0.2, -0.15) is 25.3 Å². The topological polar surface area (TPSA) is 187 Å². The predicted octanol–water partition coefficient (Wildman–Crippen LogP) is 8.71. The Labute approximate surface area is 301 Å². The normalized spacial score (nSPS) is 12.2. The first-order valence-electron chi connectivity index (χ1n) is 13.6. The van der Waals surface area contributed by atoms with Crippen LogP contribution in [0.25, 0.3) is 0 Å². The van der Waals surface area contributed by atoms with Crippen molar-refractivity contribution in [3.63, 3.8) is 0 Å². The Balaban J connectivity index is 1.52. The SMILES string of the molecule is O=S(=O)(O)c1cc(Cl)c(Nc2ccc(C(c3ccc(Nc4c(Cl)cc(S(=O)(=O)O)cc4Cl)cc3)c3ccccc3S(=O)(=O)O)cc2)c(Cl)c1. The molecule has 49 heavy (non-hydrogen) atoms. The van der Waals surface area contributed by atoms with Gasteiger partial charge in [0.25, 0.3) is 30.4 Å². The zero-order chi connectivity index (χ0) is 35.9. The molecule has 0 aliphatic rings. The standard InChI is InChI=1S/C31H22Cl4N2O9S3/c32-24-13-21(47(38,39)40)14-25(33)30(24)36-19-9-5-17(6-10-19)29(23-3-1-2-4-28(23)49(44,45)46)18-7-11-20(12-8-18)37-31-26(34)15-22(16-27(31)35)48(41,42)43/h1-16,29,36-37H,(H,38,39,40)(H,41,42,43)(H,44,45,46). The van der Waals surface area contributed by atoms with Gasteiger partial charge in [0.2, 0.25) is 0 Å². The van der Waals surface area contributed by atoms with Gasteiger partial charge in [0.05, 0.1) is 46.2 Å². The van der Waals surface area contributed by atoms with Crippen LogP contribution in [0, 0.1) is 0 Å². The summed E-state index contributed by atoms with van der Waals surface area (Å²) in [6.07, 6.45) is 0. The highest BCUT2D eigenvalue weighted by atomic mass is 35.5. The van der Waals surface area contributed by atoms with Gasteiger partial charge < -0.3 is 10.6 Å². The summed E-state index contributed by atoms with van der Waals surface area (Å²) in [5.74, 6) is -0.733. The number of halogens is 4. The molecule has 0 spiro atoms. The molecule has 0 aliphatic carbocycles. The lowest BCUT2D eigenvalue weighted by molar-refractivity contribution is 0.480. The maximum absolute atomic E-state index is 12.4. The fraction of sp³-hybridized carbons (Fsp3) is 0.0323. The highest BCUT2D eigenvalue weighted by molar-refractivity contribution is 7.86. The highest BCUT2D eigenvalue weighted by Crippen LogP contribution is 2.40.